The maximum absolute atomic E-state index is 6.11. The molecule has 5 rings (SSSR count). The minimum absolute atomic E-state index is 0.840. The number of hydrogen-bond acceptors (Lipinski definition) is 4. The summed E-state index contributed by atoms with van der Waals surface area (Å²) in [5.41, 5.74) is 3.19. The maximum atomic E-state index is 6.11. The van der Waals surface area contributed by atoms with Crippen LogP contribution in [0.5, 0.6) is 0 Å². The molecule has 1 saturated heterocycles. The van der Waals surface area contributed by atoms with Crippen molar-refractivity contribution in [1.82, 2.24) is 9.88 Å². The number of anilines is 1. The Morgan fingerprint density at radius 1 is 0.815 bits per heavy atom. The van der Waals surface area contributed by atoms with Gasteiger partial charge >= 0.3 is 0 Å². The van der Waals surface area contributed by atoms with Gasteiger partial charge in [-0.15, -0.1) is 0 Å². The van der Waals surface area contributed by atoms with E-state index in [9.17, 15) is 0 Å². The highest BCUT2D eigenvalue weighted by atomic mass is 16.3. The van der Waals surface area contributed by atoms with Gasteiger partial charge in [-0.1, -0.05) is 48.5 Å². The predicted molar refractivity (Wildman–Crippen MR) is 110 cm³/mol. The lowest BCUT2D eigenvalue weighted by molar-refractivity contribution is 0.254. The Hall–Kier alpha value is -2.85. The van der Waals surface area contributed by atoms with Crippen molar-refractivity contribution in [3.63, 3.8) is 0 Å². The van der Waals surface area contributed by atoms with E-state index in [-0.39, 0.29) is 0 Å². The monoisotopic (exact) mass is 357 g/mol. The quantitative estimate of drug-likeness (QED) is 0.544. The van der Waals surface area contributed by atoms with Crippen molar-refractivity contribution in [2.75, 3.05) is 37.6 Å². The molecule has 2 heterocycles. The number of nitrogens with zero attached hydrogens (tertiary/aromatic N) is 3. The van der Waals surface area contributed by atoms with Crippen LogP contribution in [0.15, 0.2) is 71.1 Å². The van der Waals surface area contributed by atoms with Crippen molar-refractivity contribution in [2.45, 2.75) is 6.42 Å². The Labute approximate surface area is 159 Å². The zero-order chi connectivity index (χ0) is 18.1. The lowest BCUT2D eigenvalue weighted by Gasteiger charge is -2.35. The van der Waals surface area contributed by atoms with Crippen LogP contribution in [0.2, 0.25) is 0 Å². The summed E-state index contributed by atoms with van der Waals surface area (Å²) in [7, 11) is 0. The summed E-state index contributed by atoms with van der Waals surface area (Å²) >= 11 is 0. The summed E-state index contributed by atoms with van der Waals surface area (Å²) in [4.78, 5) is 9.67. The van der Waals surface area contributed by atoms with Crippen molar-refractivity contribution in [2.24, 2.45) is 0 Å². The highest BCUT2D eigenvalue weighted by Gasteiger charge is 2.18. The molecular formula is C23H23N3O. The molecule has 1 aliphatic heterocycles. The van der Waals surface area contributed by atoms with E-state index in [2.05, 4.69) is 76.5 Å². The van der Waals surface area contributed by atoms with E-state index in [4.69, 9.17) is 9.40 Å². The molecule has 0 bridgehead atoms. The first-order chi connectivity index (χ1) is 13.4. The van der Waals surface area contributed by atoms with Crippen molar-refractivity contribution >= 4 is 27.6 Å². The molecule has 4 aromatic rings. The van der Waals surface area contributed by atoms with Gasteiger partial charge in [0.05, 0.1) is 0 Å². The number of aromatic nitrogens is 1. The lowest BCUT2D eigenvalue weighted by Crippen LogP contribution is -2.47. The number of hydrogen-bond donors (Lipinski definition) is 0. The van der Waals surface area contributed by atoms with E-state index in [1.165, 1.54) is 11.1 Å². The van der Waals surface area contributed by atoms with Crippen molar-refractivity contribution < 1.29 is 4.42 Å². The SMILES string of the molecule is c1ccc(N2CCN(CCc3nc4ccc5ccccc5c4o3)CC2)cc1. The molecule has 4 nitrogen and oxygen atoms in total. The Morgan fingerprint density at radius 3 is 2.44 bits per heavy atom. The molecule has 136 valence electrons. The standard InChI is InChI=1S/C23H23N3O/c1-2-7-19(8-3-1)26-16-14-25(15-17-26)13-12-22-24-21-11-10-18-6-4-5-9-20(18)23(21)27-22/h1-11H,12-17H2. The second-order valence-corrected chi connectivity index (χ2v) is 7.16. The highest BCUT2D eigenvalue weighted by Crippen LogP contribution is 2.26. The van der Waals surface area contributed by atoms with E-state index >= 15 is 0 Å². The topological polar surface area (TPSA) is 32.5 Å². The van der Waals surface area contributed by atoms with Crippen LogP contribution in [0.25, 0.3) is 21.9 Å². The summed E-state index contributed by atoms with van der Waals surface area (Å²) in [5, 5.41) is 2.34. The van der Waals surface area contributed by atoms with Crippen molar-refractivity contribution in [1.29, 1.82) is 0 Å². The Balaban J connectivity index is 1.24. The number of benzene rings is 3. The highest BCUT2D eigenvalue weighted by molar-refractivity contribution is 6.02. The number of piperazine rings is 1. The molecule has 0 aliphatic carbocycles. The number of para-hydroxylation sites is 1. The van der Waals surface area contributed by atoms with Gasteiger partial charge in [0, 0.05) is 50.2 Å². The Bertz CT molecular complexity index is 1050. The summed E-state index contributed by atoms with van der Waals surface area (Å²) in [6.45, 7) is 5.30. The fourth-order valence-electron chi connectivity index (χ4n) is 3.93. The average Bonchev–Trinajstić information content (AvgIpc) is 3.17. The first-order valence-electron chi connectivity index (χ1n) is 9.66. The minimum atomic E-state index is 0.840. The van der Waals surface area contributed by atoms with Crippen LogP contribution < -0.4 is 4.90 Å². The van der Waals surface area contributed by atoms with E-state index in [0.717, 1.165) is 61.5 Å². The smallest absolute Gasteiger partial charge is 0.196 e. The molecule has 1 aliphatic rings. The normalized spacial score (nSPS) is 15.6. The molecule has 0 radical (unpaired) electrons. The third-order valence-corrected chi connectivity index (χ3v) is 5.46. The molecule has 0 unspecified atom stereocenters. The van der Waals surface area contributed by atoms with Gasteiger partial charge in [0.1, 0.15) is 5.52 Å². The van der Waals surface area contributed by atoms with Gasteiger partial charge in [0.15, 0.2) is 11.5 Å². The van der Waals surface area contributed by atoms with E-state index in [1.807, 2.05) is 0 Å². The molecule has 0 N–H and O–H groups in total. The predicted octanol–water partition coefficient (Wildman–Crippen LogP) is 4.35. The largest absolute Gasteiger partial charge is 0.440 e. The van der Waals surface area contributed by atoms with Gasteiger partial charge in [-0.05, 0) is 23.6 Å². The Morgan fingerprint density at radius 2 is 1.59 bits per heavy atom. The van der Waals surface area contributed by atoms with Crippen molar-refractivity contribution in [3.05, 3.63) is 72.6 Å². The molecule has 3 aromatic carbocycles. The minimum Gasteiger partial charge on any atom is -0.440 e. The summed E-state index contributed by atoms with van der Waals surface area (Å²) in [6, 6.07) is 23.2. The van der Waals surface area contributed by atoms with Crippen LogP contribution >= 0.6 is 0 Å². The van der Waals surface area contributed by atoms with Crippen LogP contribution in [0.4, 0.5) is 5.69 Å². The van der Waals surface area contributed by atoms with Gasteiger partial charge < -0.3 is 9.32 Å². The van der Waals surface area contributed by atoms with Gasteiger partial charge in [0.2, 0.25) is 0 Å². The third-order valence-electron chi connectivity index (χ3n) is 5.46. The third kappa shape index (κ3) is 3.28. The van der Waals surface area contributed by atoms with Gasteiger partial charge in [-0.25, -0.2) is 4.98 Å². The fourth-order valence-corrected chi connectivity index (χ4v) is 3.93. The molecule has 1 fully saturated rings. The second kappa shape index (κ2) is 7.05. The molecule has 27 heavy (non-hydrogen) atoms. The Kier molecular flexibility index (Phi) is 4.26. The van der Waals surface area contributed by atoms with E-state index < -0.39 is 0 Å². The van der Waals surface area contributed by atoms with Crippen LogP contribution in [0, 0.1) is 0 Å². The maximum Gasteiger partial charge on any atom is 0.196 e. The van der Waals surface area contributed by atoms with E-state index in [1.54, 1.807) is 0 Å². The molecule has 4 heteroatoms. The zero-order valence-corrected chi connectivity index (χ0v) is 15.3. The van der Waals surface area contributed by atoms with Gasteiger partial charge in [0.25, 0.3) is 0 Å². The van der Waals surface area contributed by atoms with Gasteiger partial charge in [-0.3, -0.25) is 4.90 Å². The molecule has 1 aromatic heterocycles. The molecule has 0 saturated carbocycles. The number of oxazole rings is 1. The molecule has 0 spiro atoms. The molecular weight excluding hydrogens is 334 g/mol. The van der Waals surface area contributed by atoms with E-state index in [0.29, 0.717) is 0 Å². The zero-order valence-electron chi connectivity index (χ0n) is 15.3. The molecule has 0 atom stereocenters. The van der Waals surface area contributed by atoms with Crippen molar-refractivity contribution in [3.8, 4) is 0 Å². The number of rotatable bonds is 4. The first kappa shape index (κ1) is 16.3. The van der Waals surface area contributed by atoms with Crippen LogP contribution in [0.3, 0.4) is 0 Å². The summed E-state index contributed by atoms with van der Waals surface area (Å²) in [6.07, 6.45) is 0.855. The average molecular weight is 357 g/mol. The molecule has 0 amide bonds. The van der Waals surface area contributed by atoms with Crippen LogP contribution in [-0.4, -0.2) is 42.6 Å². The summed E-state index contributed by atoms with van der Waals surface area (Å²) in [5.74, 6) is 0.840. The van der Waals surface area contributed by atoms with Gasteiger partial charge in [-0.2, -0.15) is 0 Å². The lowest BCUT2D eigenvalue weighted by atomic mass is 10.1. The fraction of sp³-hybridized carbons (Fsp3) is 0.261. The second-order valence-electron chi connectivity index (χ2n) is 7.16. The van der Waals surface area contributed by atoms with Crippen LogP contribution in [0.1, 0.15) is 5.89 Å². The van der Waals surface area contributed by atoms with Crippen LogP contribution in [-0.2, 0) is 6.42 Å². The number of fused-ring (bicyclic) bond motifs is 3. The first-order valence-corrected chi connectivity index (χ1v) is 9.66. The summed E-state index contributed by atoms with van der Waals surface area (Å²) < 4.78 is 6.11.